The number of carbonyl (C=O) groups excluding carboxylic acids is 1. The monoisotopic (exact) mass is 274 g/mol. The van der Waals surface area contributed by atoms with Gasteiger partial charge in [0.15, 0.2) is 0 Å². The average Bonchev–Trinajstić information content (AvgIpc) is 2.81. The van der Waals surface area contributed by atoms with Gasteiger partial charge in [0.1, 0.15) is 23.4 Å². The molecule has 0 amide bonds. The molecule has 1 aromatic heterocycles. The molecule has 0 aliphatic carbocycles. The molecule has 4 heteroatoms. The summed E-state index contributed by atoms with van der Waals surface area (Å²) in [4.78, 5) is 10.6. The Kier molecular flexibility index (Phi) is 2.84. The van der Waals surface area contributed by atoms with Crippen molar-refractivity contribution < 1.29 is 13.6 Å². The van der Waals surface area contributed by atoms with E-state index in [1.54, 1.807) is 30.3 Å². The Bertz CT molecular complexity index is 777. The van der Waals surface area contributed by atoms with Crippen LogP contribution in [0.4, 0.5) is 4.39 Å². The van der Waals surface area contributed by atoms with Crippen molar-refractivity contribution in [3.8, 4) is 11.3 Å². The Morgan fingerprint density at radius 2 is 1.95 bits per heavy atom. The van der Waals surface area contributed by atoms with Gasteiger partial charge in [-0.25, -0.2) is 4.39 Å². The molecule has 0 aliphatic rings. The van der Waals surface area contributed by atoms with Gasteiger partial charge in [-0.2, -0.15) is 0 Å². The van der Waals surface area contributed by atoms with Gasteiger partial charge in [0.25, 0.3) is 0 Å². The van der Waals surface area contributed by atoms with Crippen molar-refractivity contribution >= 4 is 28.9 Å². The van der Waals surface area contributed by atoms with Gasteiger partial charge in [-0.3, -0.25) is 4.79 Å². The summed E-state index contributed by atoms with van der Waals surface area (Å²) in [7, 11) is 0. The van der Waals surface area contributed by atoms with Crippen LogP contribution in [-0.4, -0.2) is 6.29 Å². The van der Waals surface area contributed by atoms with Crippen molar-refractivity contribution in [1.29, 1.82) is 0 Å². The summed E-state index contributed by atoms with van der Waals surface area (Å²) in [6.07, 6.45) is 0.602. The van der Waals surface area contributed by atoms with Crippen LogP contribution in [0.2, 0.25) is 5.02 Å². The van der Waals surface area contributed by atoms with Gasteiger partial charge in [-0.15, -0.1) is 0 Å². The zero-order valence-corrected chi connectivity index (χ0v) is 10.4. The second-order valence-electron chi connectivity index (χ2n) is 4.15. The van der Waals surface area contributed by atoms with E-state index in [-0.39, 0.29) is 0 Å². The lowest BCUT2D eigenvalue weighted by Crippen LogP contribution is -1.86. The van der Waals surface area contributed by atoms with E-state index >= 15 is 0 Å². The lowest BCUT2D eigenvalue weighted by atomic mass is 10.1. The Morgan fingerprint density at radius 3 is 2.68 bits per heavy atom. The predicted octanol–water partition coefficient (Wildman–Crippen LogP) is 4.70. The molecule has 0 spiro atoms. The molecule has 0 aliphatic heterocycles. The minimum absolute atomic E-state index is 0.292. The van der Waals surface area contributed by atoms with E-state index < -0.39 is 5.82 Å². The highest BCUT2D eigenvalue weighted by Crippen LogP contribution is 2.31. The standard InChI is InChI=1S/C15H8ClFO2/c16-11-2-4-14-10(6-11)7-15(19-14)12-3-1-9(8-18)5-13(12)17/h1-8H. The molecular formula is C15H8ClFO2. The minimum Gasteiger partial charge on any atom is -0.456 e. The van der Waals surface area contributed by atoms with Crippen molar-refractivity contribution in [2.24, 2.45) is 0 Å². The fourth-order valence-electron chi connectivity index (χ4n) is 1.95. The Balaban J connectivity index is 2.16. The number of carbonyl (C=O) groups is 1. The Labute approximate surface area is 113 Å². The van der Waals surface area contributed by atoms with Crippen LogP contribution in [0.3, 0.4) is 0 Å². The van der Waals surface area contributed by atoms with E-state index in [1.165, 1.54) is 12.1 Å². The normalized spacial score (nSPS) is 10.8. The van der Waals surface area contributed by atoms with E-state index in [0.717, 1.165) is 5.39 Å². The molecule has 2 nitrogen and oxygen atoms in total. The molecule has 0 atom stereocenters. The molecule has 0 fully saturated rings. The van der Waals surface area contributed by atoms with Crippen molar-refractivity contribution in [2.75, 3.05) is 0 Å². The second kappa shape index (κ2) is 4.52. The maximum absolute atomic E-state index is 13.9. The van der Waals surface area contributed by atoms with Gasteiger partial charge >= 0.3 is 0 Å². The first-order chi connectivity index (χ1) is 9.17. The maximum atomic E-state index is 13.9. The van der Waals surface area contributed by atoms with Gasteiger partial charge in [-0.1, -0.05) is 17.7 Å². The predicted molar refractivity (Wildman–Crippen MR) is 72.0 cm³/mol. The molecule has 0 bridgehead atoms. The van der Waals surface area contributed by atoms with Gasteiger partial charge < -0.3 is 4.42 Å². The fourth-order valence-corrected chi connectivity index (χ4v) is 2.13. The quantitative estimate of drug-likeness (QED) is 0.634. The average molecular weight is 275 g/mol. The molecule has 0 N–H and O–H groups in total. The SMILES string of the molecule is O=Cc1ccc(-c2cc3cc(Cl)ccc3o2)c(F)c1. The number of halogens is 2. The molecule has 19 heavy (non-hydrogen) atoms. The Morgan fingerprint density at radius 1 is 1.11 bits per heavy atom. The van der Waals surface area contributed by atoms with Crippen LogP contribution in [0.25, 0.3) is 22.3 Å². The number of hydrogen-bond acceptors (Lipinski definition) is 2. The highest BCUT2D eigenvalue weighted by molar-refractivity contribution is 6.31. The fraction of sp³-hybridized carbons (Fsp3) is 0. The molecular weight excluding hydrogens is 267 g/mol. The molecule has 2 aromatic carbocycles. The maximum Gasteiger partial charge on any atom is 0.150 e. The summed E-state index contributed by atoms with van der Waals surface area (Å²) < 4.78 is 19.5. The summed E-state index contributed by atoms with van der Waals surface area (Å²) in [6, 6.07) is 11.2. The molecule has 0 radical (unpaired) electrons. The largest absolute Gasteiger partial charge is 0.456 e. The van der Waals surface area contributed by atoms with Crippen molar-refractivity contribution in [1.82, 2.24) is 0 Å². The van der Waals surface area contributed by atoms with Crippen molar-refractivity contribution in [3.05, 3.63) is 58.9 Å². The summed E-state index contributed by atoms with van der Waals surface area (Å²) in [5, 5.41) is 1.40. The number of aldehydes is 1. The number of furan rings is 1. The molecule has 1 heterocycles. The molecule has 0 unspecified atom stereocenters. The summed E-state index contributed by atoms with van der Waals surface area (Å²) in [5.41, 5.74) is 1.25. The first-order valence-electron chi connectivity index (χ1n) is 5.61. The summed E-state index contributed by atoms with van der Waals surface area (Å²) >= 11 is 5.89. The summed E-state index contributed by atoms with van der Waals surface area (Å²) in [6.45, 7) is 0. The lowest BCUT2D eigenvalue weighted by molar-refractivity contribution is 0.112. The topological polar surface area (TPSA) is 30.2 Å². The third-order valence-electron chi connectivity index (χ3n) is 2.87. The highest BCUT2D eigenvalue weighted by atomic mass is 35.5. The van der Waals surface area contributed by atoms with Crippen LogP contribution in [0.1, 0.15) is 10.4 Å². The van der Waals surface area contributed by atoms with Crippen LogP contribution >= 0.6 is 11.6 Å². The zero-order valence-electron chi connectivity index (χ0n) is 9.69. The smallest absolute Gasteiger partial charge is 0.150 e. The van der Waals surface area contributed by atoms with Gasteiger partial charge in [-0.05, 0) is 36.4 Å². The van der Waals surface area contributed by atoms with Crippen molar-refractivity contribution in [3.63, 3.8) is 0 Å². The van der Waals surface area contributed by atoms with Crippen LogP contribution in [0.15, 0.2) is 46.9 Å². The molecule has 3 aromatic rings. The van der Waals surface area contributed by atoms with E-state index in [9.17, 15) is 9.18 Å². The van der Waals surface area contributed by atoms with Gasteiger partial charge in [0, 0.05) is 16.0 Å². The minimum atomic E-state index is -0.491. The van der Waals surface area contributed by atoms with Crippen LogP contribution in [0, 0.1) is 5.82 Å². The molecule has 94 valence electrons. The Hall–Kier alpha value is -2.13. The highest BCUT2D eigenvalue weighted by Gasteiger charge is 2.11. The molecule has 3 rings (SSSR count). The number of hydrogen-bond donors (Lipinski definition) is 0. The number of benzene rings is 2. The van der Waals surface area contributed by atoms with E-state index in [4.69, 9.17) is 16.0 Å². The van der Waals surface area contributed by atoms with Crippen molar-refractivity contribution in [2.45, 2.75) is 0 Å². The molecule has 0 saturated heterocycles. The third kappa shape index (κ3) is 2.13. The van der Waals surface area contributed by atoms with Gasteiger partial charge in [0.2, 0.25) is 0 Å². The summed E-state index contributed by atoms with van der Waals surface area (Å²) in [5.74, 6) is -0.0815. The number of fused-ring (bicyclic) bond motifs is 1. The zero-order chi connectivity index (χ0) is 13.4. The second-order valence-corrected chi connectivity index (χ2v) is 4.59. The first-order valence-corrected chi connectivity index (χ1v) is 5.99. The van der Waals surface area contributed by atoms with Gasteiger partial charge in [0.05, 0.1) is 5.56 Å². The van der Waals surface area contributed by atoms with E-state index in [2.05, 4.69) is 0 Å². The van der Waals surface area contributed by atoms with E-state index in [0.29, 0.717) is 33.8 Å². The number of rotatable bonds is 2. The first kappa shape index (κ1) is 11.9. The van der Waals surface area contributed by atoms with Crippen LogP contribution in [-0.2, 0) is 0 Å². The van der Waals surface area contributed by atoms with E-state index in [1.807, 2.05) is 0 Å². The van der Waals surface area contributed by atoms with Crippen LogP contribution in [0.5, 0.6) is 0 Å². The van der Waals surface area contributed by atoms with Crippen LogP contribution < -0.4 is 0 Å². The molecule has 0 saturated carbocycles. The lowest BCUT2D eigenvalue weighted by Gasteiger charge is -1.99. The third-order valence-corrected chi connectivity index (χ3v) is 3.11.